The monoisotopic (exact) mass is 393 g/mol. The SMILES string of the molecule is Cc1ccc(C)c(-n2c(=O)c3ccccc3n3c(S[C@H](C)C(N)=O)nnc23)c1. The maximum absolute atomic E-state index is 13.3. The highest BCUT2D eigenvalue weighted by Gasteiger charge is 2.21. The van der Waals surface area contributed by atoms with E-state index in [9.17, 15) is 9.59 Å². The molecule has 0 aliphatic heterocycles. The van der Waals surface area contributed by atoms with Gasteiger partial charge in [-0.05, 0) is 50.1 Å². The first kappa shape index (κ1) is 18.2. The number of para-hydroxylation sites is 1. The highest BCUT2D eigenvalue weighted by atomic mass is 32.2. The minimum atomic E-state index is -0.479. The van der Waals surface area contributed by atoms with E-state index in [0.29, 0.717) is 21.8 Å². The van der Waals surface area contributed by atoms with Crippen LogP contribution in [0.25, 0.3) is 22.4 Å². The standard InChI is InChI=1S/C20H19N5O2S/c1-11-8-9-12(2)16(10-11)24-18(27)14-6-4-5-7-15(14)25-19(24)22-23-20(25)28-13(3)17(21)26/h4-10,13H,1-3H3,(H2,21,26)/t13-/m1/s1. The van der Waals surface area contributed by atoms with E-state index in [1.54, 1.807) is 17.6 Å². The number of amides is 1. The minimum absolute atomic E-state index is 0.163. The molecule has 0 saturated carbocycles. The van der Waals surface area contributed by atoms with Crippen LogP contribution < -0.4 is 11.3 Å². The Bertz CT molecular complexity index is 1290. The van der Waals surface area contributed by atoms with Gasteiger partial charge in [-0.15, -0.1) is 10.2 Å². The Morgan fingerprint density at radius 1 is 1.14 bits per heavy atom. The van der Waals surface area contributed by atoms with Gasteiger partial charge in [-0.2, -0.15) is 0 Å². The van der Waals surface area contributed by atoms with Crippen LogP contribution in [0.15, 0.2) is 52.4 Å². The van der Waals surface area contributed by atoms with E-state index in [1.807, 2.05) is 54.6 Å². The Morgan fingerprint density at radius 3 is 2.64 bits per heavy atom. The molecule has 1 amide bonds. The van der Waals surface area contributed by atoms with Crippen molar-refractivity contribution < 1.29 is 4.79 Å². The number of carbonyl (C=O) groups is 1. The summed E-state index contributed by atoms with van der Waals surface area (Å²) in [6.45, 7) is 5.65. The molecule has 0 saturated heterocycles. The van der Waals surface area contributed by atoms with Gasteiger partial charge in [0.1, 0.15) is 0 Å². The maximum Gasteiger partial charge on any atom is 0.267 e. The second-order valence-electron chi connectivity index (χ2n) is 6.73. The summed E-state index contributed by atoms with van der Waals surface area (Å²) < 4.78 is 3.39. The molecule has 4 rings (SSSR count). The Morgan fingerprint density at radius 2 is 1.89 bits per heavy atom. The lowest BCUT2D eigenvalue weighted by Gasteiger charge is -2.14. The molecule has 2 aromatic carbocycles. The van der Waals surface area contributed by atoms with Crippen LogP contribution in [0.1, 0.15) is 18.1 Å². The lowest BCUT2D eigenvalue weighted by Crippen LogP contribution is -2.24. The van der Waals surface area contributed by atoms with Crippen LogP contribution in [0, 0.1) is 13.8 Å². The molecule has 2 aromatic heterocycles. The molecule has 0 unspecified atom stereocenters. The number of aromatic nitrogens is 4. The number of hydrogen-bond donors (Lipinski definition) is 1. The smallest absolute Gasteiger partial charge is 0.267 e. The van der Waals surface area contributed by atoms with Gasteiger partial charge in [-0.3, -0.25) is 14.0 Å². The van der Waals surface area contributed by atoms with Crippen molar-refractivity contribution in [3.63, 3.8) is 0 Å². The van der Waals surface area contributed by atoms with Gasteiger partial charge in [0.2, 0.25) is 11.7 Å². The molecule has 0 radical (unpaired) electrons. The van der Waals surface area contributed by atoms with E-state index in [0.717, 1.165) is 16.8 Å². The van der Waals surface area contributed by atoms with Crippen molar-refractivity contribution in [3.8, 4) is 5.69 Å². The molecule has 4 aromatic rings. The third-order valence-electron chi connectivity index (χ3n) is 4.68. The van der Waals surface area contributed by atoms with Crippen LogP contribution in [-0.4, -0.2) is 30.3 Å². The fraction of sp³-hybridized carbons (Fsp3) is 0.200. The number of fused-ring (bicyclic) bond motifs is 3. The van der Waals surface area contributed by atoms with E-state index in [2.05, 4.69) is 10.2 Å². The number of primary amides is 1. The quantitative estimate of drug-likeness (QED) is 0.538. The number of rotatable bonds is 4. The number of thioether (sulfide) groups is 1. The zero-order chi connectivity index (χ0) is 20.0. The first-order chi connectivity index (χ1) is 13.4. The zero-order valence-corrected chi connectivity index (χ0v) is 16.5. The number of hydrogen-bond acceptors (Lipinski definition) is 5. The fourth-order valence-electron chi connectivity index (χ4n) is 3.15. The molecule has 0 bridgehead atoms. The van der Waals surface area contributed by atoms with Crippen molar-refractivity contribution in [2.24, 2.45) is 5.73 Å². The fourth-order valence-corrected chi connectivity index (χ4v) is 3.95. The molecular weight excluding hydrogens is 374 g/mol. The number of carbonyl (C=O) groups excluding carboxylic acids is 1. The molecular formula is C20H19N5O2S. The van der Waals surface area contributed by atoms with Gasteiger partial charge in [-0.25, -0.2) is 4.57 Å². The van der Waals surface area contributed by atoms with E-state index < -0.39 is 11.2 Å². The highest BCUT2D eigenvalue weighted by molar-refractivity contribution is 8.00. The van der Waals surface area contributed by atoms with Gasteiger partial charge in [0, 0.05) is 0 Å². The average Bonchev–Trinajstić information content (AvgIpc) is 3.08. The van der Waals surface area contributed by atoms with Crippen LogP contribution in [0.5, 0.6) is 0 Å². The van der Waals surface area contributed by atoms with Crippen LogP contribution in [-0.2, 0) is 4.79 Å². The molecule has 2 N–H and O–H groups in total. The minimum Gasteiger partial charge on any atom is -0.369 e. The molecule has 28 heavy (non-hydrogen) atoms. The molecule has 8 heteroatoms. The van der Waals surface area contributed by atoms with Crippen molar-refractivity contribution in [3.05, 3.63) is 63.9 Å². The predicted molar refractivity (Wildman–Crippen MR) is 110 cm³/mol. The molecule has 7 nitrogen and oxygen atoms in total. The maximum atomic E-state index is 13.3. The summed E-state index contributed by atoms with van der Waals surface area (Å²) in [5.74, 6) is -0.0366. The van der Waals surface area contributed by atoms with E-state index in [-0.39, 0.29) is 5.56 Å². The Labute approximate surface area is 165 Å². The first-order valence-electron chi connectivity index (χ1n) is 8.81. The van der Waals surface area contributed by atoms with Gasteiger partial charge >= 0.3 is 0 Å². The predicted octanol–water partition coefficient (Wildman–Crippen LogP) is 2.62. The summed E-state index contributed by atoms with van der Waals surface area (Å²) in [6, 6.07) is 13.2. The van der Waals surface area contributed by atoms with E-state index in [4.69, 9.17) is 5.73 Å². The van der Waals surface area contributed by atoms with Crippen molar-refractivity contribution >= 4 is 34.3 Å². The molecule has 1 atom stereocenters. The highest BCUT2D eigenvalue weighted by Crippen LogP contribution is 2.26. The average molecular weight is 393 g/mol. The van der Waals surface area contributed by atoms with Gasteiger partial charge in [-0.1, -0.05) is 36.0 Å². The zero-order valence-electron chi connectivity index (χ0n) is 15.7. The van der Waals surface area contributed by atoms with Crippen molar-refractivity contribution in [1.29, 1.82) is 0 Å². The first-order valence-corrected chi connectivity index (χ1v) is 9.69. The largest absolute Gasteiger partial charge is 0.369 e. The van der Waals surface area contributed by atoms with Gasteiger partial charge < -0.3 is 5.73 Å². The van der Waals surface area contributed by atoms with Crippen molar-refractivity contribution in [1.82, 2.24) is 19.2 Å². The van der Waals surface area contributed by atoms with Crippen LogP contribution >= 0.6 is 11.8 Å². The normalized spacial score (nSPS) is 12.5. The Hall–Kier alpha value is -3.13. The van der Waals surface area contributed by atoms with Crippen LogP contribution in [0.4, 0.5) is 0 Å². The number of nitrogens with zero attached hydrogens (tertiary/aromatic N) is 4. The number of aryl methyl sites for hydroxylation is 2. The Kier molecular flexibility index (Phi) is 4.43. The van der Waals surface area contributed by atoms with Crippen LogP contribution in [0.3, 0.4) is 0 Å². The summed E-state index contributed by atoms with van der Waals surface area (Å²) >= 11 is 1.22. The number of nitrogens with two attached hydrogens (primary N) is 1. The topological polar surface area (TPSA) is 95.3 Å². The molecule has 142 valence electrons. The lowest BCUT2D eigenvalue weighted by molar-refractivity contribution is -0.117. The summed E-state index contributed by atoms with van der Waals surface area (Å²) in [7, 11) is 0. The lowest BCUT2D eigenvalue weighted by atomic mass is 10.1. The summed E-state index contributed by atoms with van der Waals surface area (Å²) in [4.78, 5) is 24.9. The van der Waals surface area contributed by atoms with Gasteiger partial charge in [0.05, 0.1) is 21.8 Å². The third kappa shape index (κ3) is 2.86. The Balaban J connectivity index is 2.12. The summed E-state index contributed by atoms with van der Waals surface area (Å²) in [5, 5.41) is 9.12. The van der Waals surface area contributed by atoms with Crippen molar-refractivity contribution in [2.45, 2.75) is 31.2 Å². The molecule has 0 fully saturated rings. The summed E-state index contributed by atoms with van der Waals surface area (Å²) in [6.07, 6.45) is 0. The van der Waals surface area contributed by atoms with Gasteiger partial charge in [0.25, 0.3) is 5.56 Å². The number of benzene rings is 2. The second kappa shape index (κ2) is 6.79. The molecule has 0 aliphatic rings. The van der Waals surface area contributed by atoms with Crippen molar-refractivity contribution in [2.75, 3.05) is 0 Å². The molecule has 0 spiro atoms. The van der Waals surface area contributed by atoms with E-state index >= 15 is 0 Å². The second-order valence-corrected chi connectivity index (χ2v) is 8.04. The van der Waals surface area contributed by atoms with E-state index in [1.165, 1.54) is 11.8 Å². The van der Waals surface area contributed by atoms with Gasteiger partial charge in [0.15, 0.2) is 5.16 Å². The summed E-state index contributed by atoms with van der Waals surface area (Å²) in [5.41, 5.74) is 8.69. The molecule has 2 heterocycles. The third-order valence-corrected chi connectivity index (χ3v) is 5.74. The molecule has 0 aliphatic carbocycles. The van der Waals surface area contributed by atoms with Crippen LogP contribution in [0.2, 0.25) is 0 Å².